The highest BCUT2D eigenvalue weighted by atomic mass is 16.5. The molecule has 1 aliphatic carbocycles. The van der Waals surface area contributed by atoms with E-state index in [2.05, 4.69) is 15.0 Å². The van der Waals surface area contributed by atoms with Crippen molar-refractivity contribution in [3.63, 3.8) is 0 Å². The van der Waals surface area contributed by atoms with Gasteiger partial charge in [0, 0.05) is 18.0 Å². The lowest BCUT2D eigenvalue weighted by atomic mass is 10.0. The fourth-order valence-electron chi connectivity index (χ4n) is 2.63. The molecule has 96 valence electrons. The Labute approximate surface area is 106 Å². The van der Waals surface area contributed by atoms with Gasteiger partial charge >= 0.3 is 0 Å². The molecule has 18 heavy (non-hydrogen) atoms. The van der Waals surface area contributed by atoms with E-state index in [4.69, 9.17) is 10.5 Å². The Kier molecular flexibility index (Phi) is 2.91. The highest BCUT2D eigenvalue weighted by molar-refractivity contribution is 5.71. The van der Waals surface area contributed by atoms with Gasteiger partial charge in [0.1, 0.15) is 5.82 Å². The lowest BCUT2D eigenvalue weighted by molar-refractivity contribution is 0.328. The average molecular weight is 246 g/mol. The summed E-state index contributed by atoms with van der Waals surface area (Å²) in [5.74, 6) is 1.93. The van der Waals surface area contributed by atoms with Crippen LogP contribution >= 0.6 is 0 Å². The molecule has 5 nitrogen and oxygen atoms in total. The van der Waals surface area contributed by atoms with Crippen LogP contribution < -0.4 is 10.5 Å². The van der Waals surface area contributed by atoms with Gasteiger partial charge < -0.3 is 15.5 Å². The second-order valence-electron chi connectivity index (χ2n) is 4.78. The second kappa shape index (κ2) is 4.57. The van der Waals surface area contributed by atoms with Gasteiger partial charge in [0.05, 0.1) is 12.1 Å². The number of fused-ring (bicyclic) bond motifs is 1. The largest absolute Gasteiger partial charge is 0.478 e. The van der Waals surface area contributed by atoms with Gasteiger partial charge in [-0.1, -0.05) is 6.42 Å². The predicted molar refractivity (Wildman–Crippen MR) is 69.6 cm³/mol. The van der Waals surface area contributed by atoms with E-state index in [1.54, 1.807) is 0 Å². The van der Waals surface area contributed by atoms with Crippen LogP contribution in [0.2, 0.25) is 0 Å². The van der Waals surface area contributed by atoms with Crippen molar-refractivity contribution in [1.82, 2.24) is 15.0 Å². The molecule has 3 N–H and O–H groups in total. The molecule has 1 saturated carbocycles. The molecule has 0 bridgehead atoms. The van der Waals surface area contributed by atoms with Crippen LogP contribution in [0.25, 0.3) is 11.2 Å². The van der Waals surface area contributed by atoms with Crippen LogP contribution in [0, 0.1) is 0 Å². The molecule has 5 heteroatoms. The molecule has 2 atom stereocenters. The maximum atomic E-state index is 6.11. The number of imidazole rings is 1. The third-order valence-corrected chi connectivity index (χ3v) is 3.55. The van der Waals surface area contributed by atoms with E-state index in [9.17, 15) is 0 Å². The minimum absolute atomic E-state index is 0.219. The lowest BCUT2D eigenvalue weighted by Gasteiger charge is -2.11. The average Bonchev–Trinajstić information content (AvgIpc) is 2.94. The molecule has 0 amide bonds. The molecule has 2 heterocycles. The van der Waals surface area contributed by atoms with Crippen molar-refractivity contribution in [2.24, 2.45) is 5.73 Å². The highest BCUT2D eigenvalue weighted by Gasteiger charge is 2.28. The number of nitrogens with two attached hydrogens (primary N) is 1. The molecule has 0 saturated heterocycles. The number of nitrogens with zero attached hydrogens (tertiary/aromatic N) is 2. The maximum absolute atomic E-state index is 6.11. The minimum atomic E-state index is 0.219. The van der Waals surface area contributed by atoms with E-state index >= 15 is 0 Å². The number of nitrogens with one attached hydrogen (secondary N) is 1. The molecule has 0 aliphatic heterocycles. The molecule has 2 aromatic heterocycles. The van der Waals surface area contributed by atoms with Crippen LogP contribution in [0.1, 0.15) is 37.9 Å². The van der Waals surface area contributed by atoms with Gasteiger partial charge in [-0.15, -0.1) is 0 Å². The number of ether oxygens (including phenoxy) is 1. The summed E-state index contributed by atoms with van der Waals surface area (Å²) >= 11 is 0. The van der Waals surface area contributed by atoms with Crippen molar-refractivity contribution in [3.05, 3.63) is 18.0 Å². The van der Waals surface area contributed by atoms with Crippen molar-refractivity contribution in [1.29, 1.82) is 0 Å². The monoisotopic (exact) mass is 246 g/mol. The van der Waals surface area contributed by atoms with Gasteiger partial charge in [-0.05, 0) is 25.8 Å². The van der Waals surface area contributed by atoms with E-state index in [-0.39, 0.29) is 6.04 Å². The summed E-state index contributed by atoms with van der Waals surface area (Å²) in [5, 5.41) is 0. The number of hydrogen-bond acceptors (Lipinski definition) is 4. The van der Waals surface area contributed by atoms with Gasteiger partial charge in [0.25, 0.3) is 0 Å². The molecule has 0 aromatic carbocycles. The summed E-state index contributed by atoms with van der Waals surface area (Å²) < 4.78 is 5.38. The molecule has 1 fully saturated rings. The Morgan fingerprint density at radius 1 is 1.39 bits per heavy atom. The molecule has 2 unspecified atom stereocenters. The molecule has 2 aromatic rings. The Bertz CT molecular complexity index is 551. The van der Waals surface area contributed by atoms with Crippen LogP contribution in [0.3, 0.4) is 0 Å². The zero-order valence-electron chi connectivity index (χ0n) is 10.5. The van der Waals surface area contributed by atoms with Gasteiger partial charge in [0.2, 0.25) is 5.88 Å². The SMILES string of the molecule is CCOc1ccc2[nH]c(C3CCCC3N)nc2n1. The predicted octanol–water partition coefficient (Wildman–Crippen LogP) is 1.95. The molecular formula is C13H18N4O. The molecule has 3 rings (SSSR count). The summed E-state index contributed by atoms with van der Waals surface area (Å²) in [7, 11) is 0. The number of hydrogen-bond donors (Lipinski definition) is 2. The fraction of sp³-hybridized carbons (Fsp3) is 0.538. The van der Waals surface area contributed by atoms with E-state index in [1.807, 2.05) is 19.1 Å². The first-order valence-corrected chi connectivity index (χ1v) is 6.53. The van der Waals surface area contributed by atoms with Gasteiger partial charge in [0.15, 0.2) is 5.65 Å². The van der Waals surface area contributed by atoms with Crippen LogP contribution in [-0.2, 0) is 0 Å². The second-order valence-corrected chi connectivity index (χ2v) is 4.78. The van der Waals surface area contributed by atoms with Crippen molar-refractivity contribution < 1.29 is 4.74 Å². The first kappa shape index (κ1) is 11.5. The van der Waals surface area contributed by atoms with Crippen molar-refractivity contribution >= 4 is 11.2 Å². The van der Waals surface area contributed by atoms with Gasteiger partial charge in [-0.2, -0.15) is 4.98 Å². The summed E-state index contributed by atoms with van der Waals surface area (Å²) in [6.07, 6.45) is 3.37. The third-order valence-electron chi connectivity index (χ3n) is 3.55. The smallest absolute Gasteiger partial charge is 0.215 e. The van der Waals surface area contributed by atoms with Crippen LogP contribution in [0.5, 0.6) is 5.88 Å². The quantitative estimate of drug-likeness (QED) is 0.867. The maximum Gasteiger partial charge on any atom is 0.215 e. The minimum Gasteiger partial charge on any atom is -0.478 e. The zero-order chi connectivity index (χ0) is 12.5. The van der Waals surface area contributed by atoms with E-state index in [0.29, 0.717) is 18.4 Å². The molecule has 1 aliphatic rings. The first-order chi connectivity index (χ1) is 8.78. The summed E-state index contributed by atoms with van der Waals surface area (Å²) in [6.45, 7) is 2.56. The number of aromatic amines is 1. The molecule has 0 spiro atoms. The van der Waals surface area contributed by atoms with Gasteiger partial charge in [-0.3, -0.25) is 0 Å². The van der Waals surface area contributed by atoms with Gasteiger partial charge in [-0.25, -0.2) is 4.98 Å². The topological polar surface area (TPSA) is 76.8 Å². The summed E-state index contributed by atoms with van der Waals surface area (Å²) in [6, 6.07) is 4.05. The zero-order valence-corrected chi connectivity index (χ0v) is 10.5. The fourth-order valence-corrected chi connectivity index (χ4v) is 2.63. The highest BCUT2D eigenvalue weighted by Crippen LogP contribution is 2.32. The van der Waals surface area contributed by atoms with Crippen molar-refractivity contribution in [2.45, 2.75) is 38.1 Å². The number of rotatable bonds is 3. The van der Waals surface area contributed by atoms with Crippen molar-refractivity contribution in [2.75, 3.05) is 6.61 Å². The Morgan fingerprint density at radius 3 is 3.00 bits per heavy atom. The summed E-state index contributed by atoms with van der Waals surface area (Å²) in [4.78, 5) is 12.3. The number of aromatic nitrogens is 3. The third kappa shape index (κ3) is 1.95. The van der Waals surface area contributed by atoms with E-state index in [1.165, 1.54) is 6.42 Å². The first-order valence-electron chi connectivity index (χ1n) is 6.53. The Hall–Kier alpha value is -1.62. The van der Waals surface area contributed by atoms with Crippen molar-refractivity contribution in [3.8, 4) is 5.88 Å². The molecule has 0 radical (unpaired) electrons. The Morgan fingerprint density at radius 2 is 2.28 bits per heavy atom. The lowest BCUT2D eigenvalue weighted by Crippen LogP contribution is -2.23. The van der Waals surface area contributed by atoms with Crippen LogP contribution in [0.4, 0.5) is 0 Å². The van der Waals surface area contributed by atoms with E-state index in [0.717, 1.165) is 29.8 Å². The van der Waals surface area contributed by atoms with E-state index < -0.39 is 0 Å². The Balaban J connectivity index is 1.95. The number of H-pyrrole nitrogens is 1. The normalized spacial score (nSPS) is 23.7. The summed E-state index contributed by atoms with van der Waals surface area (Å²) in [5.41, 5.74) is 7.77. The standard InChI is InChI=1S/C13H18N4O/c1-2-18-11-7-6-10-13(16-11)17-12(15-10)8-4-3-5-9(8)14/h6-9H,2-5,14H2,1H3,(H,15,16,17). The van der Waals surface area contributed by atoms with Crippen LogP contribution in [-0.4, -0.2) is 27.6 Å². The molecular weight excluding hydrogens is 228 g/mol. The van der Waals surface area contributed by atoms with Crippen LogP contribution in [0.15, 0.2) is 12.1 Å². The number of pyridine rings is 1.